The number of carbonyl (C=O) groups excluding carboxylic acids is 1. The first-order valence-electron chi connectivity index (χ1n) is 10.4. The molecular formula is C22H38N2O4. The van der Waals surface area contributed by atoms with Crippen LogP contribution in [-0.4, -0.2) is 51.5 Å². The lowest BCUT2D eigenvalue weighted by molar-refractivity contribution is -0.121. The average molecular weight is 395 g/mol. The molecule has 0 bridgehead atoms. The highest BCUT2D eigenvalue weighted by atomic mass is 16.5. The van der Waals surface area contributed by atoms with Crippen LogP contribution in [0.1, 0.15) is 47.0 Å². The van der Waals surface area contributed by atoms with Crippen LogP contribution in [0, 0.1) is 5.92 Å². The average Bonchev–Trinajstić information content (AvgIpc) is 2.65. The minimum Gasteiger partial charge on any atom is -0.492 e. The number of carbonyl (C=O) groups is 1. The SMILES string of the molecule is CC(C)CCOCCCC(=O)NCCOc1cccc(OCCNC(C)C)c1. The van der Waals surface area contributed by atoms with E-state index in [0.29, 0.717) is 44.7 Å². The summed E-state index contributed by atoms with van der Waals surface area (Å²) in [5.41, 5.74) is 0. The van der Waals surface area contributed by atoms with Gasteiger partial charge in [-0.15, -0.1) is 0 Å². The minimum absolute atomic E-state index is 0.0331. The lowest BCUT2D eigenvalue weighted by atomic mass is 10.1. The molecule has 0 aliphatic heterocycles. The molecule has 0 radical (unpaired) electrons. The molecule has 6 nitrogen and oxygen atoms in total. The topological polar surface area (TPSA) is 68.8 Å². The molecule has 1 rings (SSSR count). The molecule has 28 heavy (non-hydrogen) atoms. The van der Waals surface area contributed by atoms with Crippen molar-refractivity contribution < 1.29 is 19.0 Å². The summed E-state index contributed by atoms with van der Waals surface area (Å²) in [7, 11) is 0. The van der Waals surface area contributed by atoms with Crippen LogP contribution in [-0.2, 0) is 9.53 Å². The predicted octanol–water partition coefficient (Wildman–Crippen LogP) is 3.40. The Balaban J connectivity index is 2.08. The molecule has 0 unspecified atom stereocenters. The summed E-state index contributed by atoms with van der Waals surface area (Å²) in [5.74, 6) is 2.20. The summed E-state index contributed by atoms with van der Waals surface area (Å²) in [4.78, 5) is 11.8. The molecular weight excluding hydrogens is 356 g/mol. The first-order chi connectivity index (χ1) is 13.5. The fourth-order valence-electron chi connectivity index (χ4n) is 2.37. The molecule has 6 heteroatoms. The number of benzene rings is 1. The number of ether oxygens (including phenoxy) is 3. The molecule has 2 N–H and O–H groups in total. The van der Waals surface area contributed by atoms with Crippen molar-refractivity contribution in [1.82, 2.24) is 10.6 Å². The van der Waals surface area contributed by atoms with Crippen LogP contribution in [0.25, 0.3) is 0 Å². The van der Waals surface area contributed by atoms with Gasteiger partial charge < -0.3 is 24.8 Å². The summed E-state index contributed by atoms with van der Waals surface area (Å²) in [5, 5.41) is 6.18. The fraction of sp³-hybridized carbons (Fsp3) is 0.682. The lowest BCUT2D eigenvalue weighted by Crippen LogP contribution is -2.28. The highest BCUT2D eigenvalue weighted by molar-refractivity contribution is 5.75. The van der Waals surface area contributed by atoms with Crippen molar-refractivity contribution in [2.45, 2.75) is 53.0 Å². The van der Waals surface area contributed by atoms with E-state index in [2.05, 4.69) is 38.3 Å². The van der Waals surface area contributed by atoms with E-state index in [1.807, 2.05) is 24.3 Å². The number of nitrogens with one attached hydrogen (secondary N) is 2. The van der Waals surface area contributed by atoms with Gasteiger partial charge in [0.05, 0.1) is 6.54 Å². The van der Waals surface area contributed by atoms with Gasteiger partial charge >= 0.3 is 0 Å². The third-order valence-corrected chi connectivity index (χ3v) is 3.95. The minimum atomic E-state index is 0.0331. The van der Waals surface area contributed by atoms with E-state index < -0.39 is 0 Å². The van der Waals surface area contributed by atoms with E-state index in [9.17, 15) is 4.79 Å². The van der Waals surface area contributed by atoms with E-state index >= 15 is 0 Å². The van der Waals surface area contributed by atoms with E-state index in [-0.39, 0.29) is 5.91 Å². The third kappa shape index (κ3) is 13.4. The quantitative estimate of drug-likeness (QED) is 0.421. The van der Waals surface area contributed by atoms with Gasteiger partial charge in [0, 0.05) is 38.3 Å². The van der Waals surface area contributed by atoms with E-state index in [4.69, 9.17) is 14.2 Å². The maximum atomic E-state index is 11.8. The zero-order chi connectivity index (χ0) is 20.6. The maximum absolute atomic E-state index is 11.8. The molecule has 1 amide bonds. The smallest absolute Gasteiger partial charge is 0.220 e. The van der Waals surface area contributed by atoms with E-state index in [1.54, 1.807) is 0 Å². The maximum Gasteiger partial charge on any atom is 0.220 e. The summed E-state index contributed by atoms with van der Waals surface area (Å²) in [6.07, 6.45) is 2.29. The Morgan fingerprint density at radius 3 is 2.29 bits per heavy atom. The summed E-state index contributed by atoms with van der Waals surface area (Å²) in [6.45, 7) is 12.3. The molecule has 0 aliphatic carbocycles. The first kappa shape index (κ1) is 24.2. The van der Waals surface area contributed by atoms with Crippen LogP contribution in [0.5, 0.6) is 11.5 Å². The van der Waals surface area contributed by atoms with Gasteiger partial charge in [0.2, 0.25) is 5.91 Å². The zero-order valence-electron chi connectivity index (χ0n) is 18.0. The van der Waals surface area contributed by atoms with E-state index in [0.717, 1.165) is 37.5 Å². The van der Waals surface area contributed by atoms with Crippen molar-refractivity contribution in [1.29, 1.82) is 0 Å². The second-order valence-corrected chi connectivity index (χ2v) is 7.53. The standard InChI is InChI=1S/C22H38N2O4/c1-18(2)10-14-26-13-6-9-22(25)24-12-16-28-21-8-5-7-20(17-21)27-15-11-23-19(3)4/h5,7-8,17-19,23H,6,9-16H2,1-4H3,(H,24,25). The van der Waals surface area contributed by atoms with Gasteiger partial charge in [0.15, 0.2) is 0 Å². The van der Waals surface area contributed by atoms with Crippen LogP contribution in [0.15, 0.2) is 24.3 Å². The van der Waals surface area contributed by atoms with Crippen molar-refractivity contribution in [2.75, 3.05) is 39.5 Å². The van der Waals surface area contributed by atoms with Gasteiger partial charge in [0.25, 0.3) is 0 Å². The number of amides is 1. The molecule has 0 saturated heterocycles. The van der Waals surface area contributed by atoms with E-state index in [1.165, 1.54) is 0 Å². The number of hydrogen-bond acceptors (Lipinski definition) is 5. The Morgan fingerprint density at radius 1 is 0.964 bits per heavy atom. The molecule has 0 heterocycles. The normalized spacial score (nSPS) is 11.1. The molecule has 0 fully saturated rings. The van der Waals surface area contributed by atoms with Gasteiger partial charge in [-0.25, -0.2) is 0 Å². The van der Waals surface area contributed by atoms with Crippen molar-refractivity contribution in [3.05, 3.63) is 24.3 Å². The molecule has 0 aliphatic rings. The largest absolute Gasteiger partial charge is 0.492 e. The Bertz CT molecular complexity index is 535. The van der Waals surface area contributed by atoms with Gasteiger partial charge in [-0.2, -0.15) is 0 Å². The first-order valence-corrected chi connectivity index (χ1v) is 10.4. The monoisotopic (exact) mass is 394 g/mol. The molecule has 0 atom stereocenters. The number of rotatable bonds is 16. The Kier molecular flexibility index (Phi) is 13.1. The fourth-order valence-corrected chi connectivity index (χ4v) is 2.37. The third-order valence-electron chi connectivity index (χ3n) is 3.95. The Hall–Kier alpha value is -1.79. The van der Waals surface area contributed by atoms with Gasteiger partial charge in [-0.1, -0.05) is 33.8 Å². The second kappa shape index (κ2) is 15.2. The van der Waals surface area contributed by atoms with Crippen molar-refractivity contribution in [3.8, 4) is 11.5 Å². The van der Waals surface area contributed by atoms with Gasteiger partial charge in [0.1, 0.15) is 24.7 Å². The van der Waals surface area contributed by atoms with Crippen LogP contribution < -0.4 is 20.1 Å². The lowest BCUT2D eigenvalue weighted by Gasteiger charge is -2.11. The molecule has 1 aromatic carbocycles. The van der Waals surface area contributed by atoms with Crippen molar-refractivity contribution in [3.63, 3.8) is 0 Å². The summed E-state index contributed by atoms with van der Waals surface area (Å²) in [6, 6.07) is 8.01. The molecule has 0 spiro atoms. The van der Waals surface area contributed by atoms with Crippen LogP contribution in [0.2, 0.25) is 0 Å². The highest BCUT2D eigenvalue weighted by Gasteiger charge is 2.02. The number of hydrogen-bond donors (Lipinski definition) is 2. The molecule has 160 valence electrons. The zero-order valence-corrected chi connectivity index (χ0v) is 18.0. The van der Waals surface area contributed by atoms with Gasteiger partial charge in [-0.3, -0.25) is 4.79 Å². The molecule has 1 aromatic rings. The van der Waals surface area contributed by atoms with Crippen molar-refractivity contribution in [2.24, 2.45) is 5.92 Å². The van der Waals surface area contributed by atoms with Crippen LogP contribution in [0.4, 0.5) is 0 Å². The molecule has 0 aromatic heterocycles. The van der Waals surface area contributed by atoms with Gasteiger partial charge in [-0.05, 0) is 30.9 Å². The van der Waals surface area contributed by atoms with Crippen LogP contribution >= 0.6 is 0 Å². The predicted molar refractivity (Wildman–Crippen MR) is 113 cm³/mol. The van der Waals surface area contributed by atoms with Crippen LogP contribution in [0.3, 0.4) is 0 Å². The summed E-state index contributed by atoms with van der Waals surface area (Å²) >= 11 is 0. The summed E-state index contributed by atoms with van der Waals surface area (Å²) < 4.78 is 16.9. The second-order valence-electron chi connectivity index (χ2n) is 7.53. The molecule has 0 saturated carbocycles. The Labute approximate surface area is 170 Å². The highest BCUT2D eigenvalue weighted by Crippen LogP contribution is 2.19. The Morgan fingerprint density at radius 2 is 1.64 bits per heavy atom. The van der Waals surface area contributed by atoms with Crippen molar-refractivity contribution >= 4 is 5.91 Å².